The van der Waals surface area contributed by atoms with Crippen LogP contribution < -0.4 is 5.32 Å². The lowest BCUT2D eigenvalue weighted by Gasteiger charge is -2.32. The molecule has 0 aliphatic carbocycles. The number of benzene rings is 1. The van der Waals surface area contributed by atoms with Gasteiger partial charge in [0.15, 0.2) is 0 Å². The number of aromatic hydroxyl groups is 1. The Balaban J connectivity index is 2.30. The Morgan fingerprint density at radius 2 is 1.82 bits per heavy atom. The van der Waals surface area contributed by atoms with Gasteiger partial charge in [-0.25, -0.2) is 9.18 Å². The molecule has 6 nitrogen and oxygen atoms in total. The summed E-state index contributed by atoms with van der Waals surface area (Å²) in [5, 5.41) is 12.7. The first-order chi connectivity index (χ1) is 12.7. The zero-order chi connectivity index (χ0) is 21.3. The van der Waals surface area contributed by atoms with Crippen molar-refractivity contribution in [3.8, 4) is 5.75 Å². The fourth-order valence-electron chi connectivity index (χ4n) is 2.53. The summed E-state index contributed by atoms with van der Waals surface area (Å²) in [5.41, 5.74) is -1.04. The van der Waals surface area contributed by atoms with E-state index in [2.05, 4.69) is 5.32 Å². The van der Waals surface area contributed by atoms with Gasteiger partial charge in [0, 0.05) is 12.1 Å². The highest BCUT2D eigenvalue weighted by Gasteiger charge is 2.52. The van der Waals surface area contributed by atoms with Crippen LogP contribution in [0.15, 0.2) is 23.7 Å². The molecule has 8 heteroatoms. The van der Waals surface area contributed by atoms with Crippen molar-refractivity contribution in [2.24, 2.45) is 0 Å². The van der Waals surface area contributed by atoms with Crippen molar-refractivity contribution in [3.63, 3.8) is 0 Å². The number of alkyl carbamates (subject to hydrolysis) is 1. The zero-order valence-corrected chi connectivity index (χ0v) is 17.6. The van der Waals surface area contributed by atoms with Crippen molar-refractivity contribution in [2.75, 3.05) is 6.54 Å². The number of hydrogen-bond donors (Lipinski definition) is 2. The van der Waals surface area contributed by atoms with Gasteiger partial charge in [0.1, 0.15) is 17.2 Å². The molecule has 1 heterocycles. The van der Waals surface area contributed by atoms with Gasteiger partial charge in [-0.2, -0.15) is 0 Å². The zero-order valence-electron chi connectivity index (χ0n) is 17.6. The normalized spacial score (nSPS) is 18.9. The smallest absolute Gasteiger partial charge is 0.492 e. The predicted molar refractivity (Wildman–Crippen MR) is 106 cm³/mol. The first-order valence-corrected chi connectivity index (χ1v) is 9.22. The average Bonchev–Trinajstić information content (AvgIpc) is 2.73. The lowest BCUT2D eigenvalue weighted by atomic mass is 9.77. The maximum atomic E-state index is 13.6. The molecular formula is C20H29BFNO5. The summed E-state index contributed by atoms with van der Waals surface area (Å²) in [7, 11) is -0.775. The van der Waals surface area contributed by atoms with Crippen LogP contribution in [0, 0.1) is 5.82 Å². The maximum Gasteiger partial charge on any atom is 0.492 e. The first-order valence-electron chi connectivity index (χ1n) is 9.22. The number of hydrogen-bond acceptors (Lipinski definition) is 5. The van der Waals surface area contributed by atoms with Gasteiger partial charge in [0.25, 0.3) is 0 Å². The third-order valence-electron chi connectivity index (χ3n) is 4.72. The van der Waals surface area contributed by atoms with Crippen molar-refractivity contribution >= 4 is 19.3 Å². The monoisotopic (exact) mass is 393 g/mol. The SMILES string of the molecule is CC(C)(C)OC(=O)NCC(=Cc1cc(F)ccc1O)B1OC(C)(C)C(C)(C)O1. The average molecular weight is 393 g/mol. The second-order valence-corrected chi connectivity index (χ2v) is 8.87. The molecule has 0 saturated carbocycles. The molecule has 0 bridgehead atoms. The molecule has 1 aliphatic heterocycles. The maximum absolute atomic E-state index is 13.6. The van der Waals surface area contributed by atoms with Gasteiger partial charge in [0.05, 0.1) is 11.2 Å². The van der Waals surface area contributed by atoms with E-state index in [0.29, 0.717) is 5.47 Å². The summed E-state index contributed by atoms with van der Waals surface area (Å²) >= 11 is 0. The highest BCUT2D eigenvalue weighted by molar-refractivity contribution is 6.56. The van der Waals surface area contributed by atoms with Crippen molar-refractivity contribution in [3.05, 3.63) is 35.1 Å². The molecule has 28 heavy (non-hydrogen) atoms. The summed E-state index contributed by atoms with van der Waals surface area (Å²) in [6.45, 7) is 13.0. The van der Waals surface area contributed by atoms with E-state index < -0.39 is 35.8 Å². The van der Waals surface area contributed by atoms with E-state index in [-0.39, 0.29) is 17.9 Å². The van der Waals surface area contributed by atoms with E-state index in [0.717, 1.165) is 0 Å². The standard InChI is InChI=1S/C20H29BFNO5/c1-18(2,3)26-17(25)23-12-14(10-13-11-15(22)8-9-16(13)24)21-27-19(4,5)20(6,7)28-21/h8-11,24H,12H2,1-7H3,(H,23,25). The lowest BCUT2D eigenvalue weighted by Crippen LogP contribution is -2.41. The minimum Gasteiger partial charge on any atom is -0.507 e. The molecule has 1 amide bonds. The molecule has 1 aromatic rings. The Morgan fingerprint density at radius 1 is 1.25 bits per heavy atom. The summed E-state index contributed by atoms with van der Waals surface area (Å²) in [6, 6.07) is 3.64. The van der Waals surface area contributed by atoms with Crippen LogP contribution in [0.3, 0.4) is 0 Å². The van der Waals surface area contributed by atoms with Gasteiger partial charge < -0.3 is 24.5 Å². The molecule has 0 aromatic heterocycles. The number of carbonyl (C=O) groups excluding carboxylic acids is 1. The number of nitrogens with one attached hydrogen (secondary N) is 1. The molecule has 0 spiro atoms. The molecule has 2 N–H and O–H groups in total. The number of halogens is 1. The van der Waals surface area contributed by atoms with E-state index in [1.165, 1.54) is 18.2 Å². The molecule has 154 valence electrons. The molecule has 1 aromatic carbocycles. The second-order valence-electron chi connectivity index (χ2n) is 8.87. The van der Waals surface area contributed by atoms with Crippen LogP contribution >= 0.6 is 0 Å². The summed E-state index contributed by atoms with van der Waals surface area (Å²) in [4.78, 5) is 12.1. The van der Waals surface area contributed by atoms with Crippen molar-refractivity contribution in [1.29, 1.82) is 0 Å². The number of phenolic OH excluding ortho intramolecular Hbond substituents is 1. The van der Waals surface area contributed by atoms with Crippen LogP contribution in [0.2, 0.25) is 0 Å². The number of carbonyl (C=O) groups is 1. The minimum atomic E-state index is -0.775. The highest BCUT2D eigenvalue weighted by atomic mass is 19.1. The summed E-state index contributed by atoms with van der Waals surface area (Å²) in [5.74, 6) is -0.579. The Bertz CT molecular complexity index is 754. The van der Waals surface area contributed by atoms with Crippen LogP contribution in [-0.2, 0) is 14.0 Å². The number of amides is 1. The molecule has 1 fully saturated rings. The van der Waals surface area contributed by atoms with Crippen molar-refractivity contribution < 1.29 is 28.3 Å². The Morgan fingerprint density at radius 3 is 2.36 bits per heavy atom. The van der Waals surface area contributed by atoms with Crippen LogP contribution in [0.5, 0.6) is 5.75 Å². The molecule has 1 saturated heterocycles. The molecule has 2 rings (SSSR count). The second kappa shape index (κ2) is 7.76. The largest absolute Gasteiger partial charge is 0.507 e. The summed E-state index contributed by atoms with van der Waals surface area (Å²) < 4.78 is 31.0. The third kappa shape index (κ3) is 5.48. The molecule has 0 atom stereocenters. The van der Waals surface area contributed by atoms with Crippen LogP contribution in [-0.4, -0.2) is 41.7 Å². The quantitative estimate of drug-likeness (QED) is 0.755. The molecule has 0 radical (unpaired) electrons. The fraction of sp³-hybridized carbons (Fsp3) is 0.550. The lowest BCUT2D eigenvalue weighted by molar-refractivity contribution is 0.00578. The first kappa shape index (κ1) is 22.2. The van der Waals surface area contributed by atoms with Crippen LogP contribution in [0.1, 0.15) is 54.0 Å². The van der Waals surface area contributed by atoms with E-state index in [9.17, 15) is 14.3 Å². The molecular weight excluding hydrogens is 364 g/mol. The van der Waals surface area contributed by atoms with Gasteiger partial charge in [-0.1, -0.05) is 6.08 Å². The van der Waals surface area contributed by atoms with E-state index in [1.807, 2.05) is 27.7 Å². The number of phenols is 1. The van der Waals surface area contributed by atoms with Gasteiger partial charge >= 0.3 is 13.2 Å². The Hall–Kier alpha value is -2.06. The van der Waals surface area contributed by atoms with Crippen LogP contribution in [0.4, 0.5) is 9.18 Å². The minimum absolute atomic E-state index is 0.0433. The number of rotatable bonds is 4. The topological polar surface area (TPSA) is 77.0 Å². The Kier molecular flexibility index (Phi) is 6.16. The summed E-state index contributed by atoms with van der Waals surface area (Å²) in [6.07, 6.45) is 0.955. The number of ether oxygens (including phenoxy) is 1. The Labute approximate surface area is 166 Å². The fourth-order valence-corrected chi connectivity index (χ4v) is 2.53. The van der Waals surface area contributed by atoms with Crippen molar-refractivity contribution in [2.45, 2.75) is 65.3 Å². The third-order valence-corrected chi connectivity index (χ3v) is 4.72. The van der Waals surface area contributed by atoms with E-state index in [4.69, 9.17) is 14.0 Å². The predicted octanol–water partition coefficient (Wildman–Crippen LogP) is 4.07. The van der Waals surface area contributed by atoms with Gasteiger partial charge in [-0.3, -0.25) is 0 Å². The van der Waals surface area contributed by atoms with E-state index in [1.54, 1.807) is 26.8 Å². The van der Waals surface area contributed by atoms with E-state index >= 15 is 0 Å². The van der Waals surface area contributed by atoms with Gasteiger partial charge in [-0.15, -0.1) is 0 Å². The molecule has 0 unspecified atom stereocenters. The van der Waals surface area contributed by atoms with Gasteiger partial charge in [0.2, 0.25) is 0 Å². The van der Waals surface area contributed by atoms with Crippen LogP contribution in [0.25, 0.3) is 6.08 Å². The molecule has 1 aliphatic rings. The highest BCUT2D eigenvalue weighted by Crippen LogP contribution is 2.39. The van der Waals surface area contributed by atoms with Gasteiger partial charge in [-0.05, 0) is 72.1 Å². The van der Waals surface area contributed by atoms with Crippen molar-refractivity contribution in [1.82, 2.24) is 5.32 Å².